The van der Waals surface area contributed by atoms with Crippen LogP contribution in [0.15, 0.2) is 29.2 Å². The summed E-state index contributed by atoms with van der Waals surface area (Å²) in [6, 6.07) is 8.05. The van der Waals surface area contributed by atoms with Crippen LogP contribution in [0.3, 0.4) is 0 Å². The van der Waals surface area contributed by atoms with Gasteiger partial charge in [-0.25, -0.2) is 0 Å². The van der Waals surface area contributed by atoms with Crippen molar-refractivity contribution in [3.8, 4) is 0 Å². The van der Waals surface area contributed by atoms with Gasteiger partial charge in [0.2, 0.25) is 11.8 Å². The lowest BCUT2D eigenvalue weighted by molar-refractivity contribution is -0.134. The topological polar surface area (TPSA) is 49.4 Å². The van der Waals surface area contributed by atoms with Gasteiger partial charge in [-0.05, 0) is 56.9 Å². The van der Waals surface area contributed by atoms with Crippen LogP contribution >= 0.6 is 11.8 Å². The largest absolute Gasteiger partial charge is 0.339 e. The van der Waals surface area contributed by atoms with Crippen LogP contribution < -0.4 is 5.32 Å². The summed E-state index contributed by atoms with van der Waals surface area (Å²) in [6.45, 7) is 6.53. The zero-order valence-electron chi connectivity index (χ0n) is 14.2. The van der Waals surface area contributed by atoms with Gasteiger partial charge in [-0.2, -0.15) is 0 Å². The Morgan fingerprint density at radius 1 is 1.30 bits per heavy atom. The summed E-state index contributed by atoms with van der Waals surface area (Å²) in [6.07, 6.45) is 4.51. The highest BCUT2D eigenvalue weighted by Crippen LogP contribution is 2.28. The molecule has 1 aliphatic heterocycles. The fourth-order valence-corrected chi connectivity index (χ4v) is 3.96. The van der Waals surface area contributed by atoms with Crippen molar-refractivity contribution in [2.75, 3.05) is 11.9 Å². The molecule has 0 aromatic heterocycles. The minimum absolute atomic E-state index is 0.0790. The molecule has 23 heavy (non-hydrogen) atoms. The van der Waals surface area contributed by atoms with Gasteiger partial charge in [-0.3, -0.25) is 9.59 Å². The fourth-order valence-electron chi connectivity index (χ4n) is 3.02. The molecule has 1 aromatic rings. The second-order valence-electron chi connectivity index (χ2n) is 6.06. The zero-order valence-corrected chi connectivity index (χ0v) is 15.0. The lowest BCUT2D eigenvalue weighted by Crippen LogP contribution is -2.46. The highest BCUT2D eigenvalue weighted by atomic mass is 32.2. The first-order valence-electron chi connectivity index (χ1n) is 8.36. The van der Waals surface area contributed by atoms with Crippen molar-refractivity contribution >= 4 is 29.3 Å². The van der Waals surface area contributed by atoms with Crippen LogP contribution in [0.1, 0.15) is 46.5 Å². The Hall–Kier alpha value is -1.49. The number of hydrogen-bond donors (Lipinski definition) is 1. The van der Waals surface area contributed by atoms with E-state index in [0.717, 1.165) is 36.4 Å². The van der Waals surface area contributed by atoms with Crippen LogP contribution in [0.4, 0.5) is 5.69 Å². The first-order chi connectivity index (χ1) is 11.0. The third-order valence-electron chi connectivity index (χ3n) is 4.22. The van der Waals surface area contributed by atoms with Crippen LogP contribution in [-0.2, 0) is 9.59 Å². The minimum atomic E-state index is -0.0891. The molecule has 0 saturated carbocycles. The van der Waals surface area contributed by atoms with Crippen molar-refractivity contribution in [1.82, 2.24) is 4.90 Å². The van der Waals surface area contributed by atoms with Gasteiger partial charge in [0.25, 0.3) is 0 Å². The predicted molar refractivity (Wildman–Crippen MR) is 95.7 cm³/mol. The number of amides is 2. The minimum Gasteiger partial charge on any atom is -0.339 e. The molecule has 1 aliphatic rings. The second kappa shape index (κ2) is 8.39. The van der Waals surface area contributed by atoms with Gasteiger partial charge in [0.05, 0.1) is 5.25 Å². The molecule has 2 rings (SSSR count). The van der Waals surface area contributed by atoms with E-state index in [2.05, 4.69) is 17.1 Å². The highest BCUT2D eigenvalue weighted by molar-refractivity contribution is 8.00. The molecule has 0 aliphatic carbocycles. The molecule has 4 nitrogen and oxygen atoms in total. The Kier molecular flexibility index (Phi) is 6.51. The molecular formula is C18H26N2O2S. The standard InChI is InChI=1S/C18H26N2O2S/c1-4-16-7-5-6-12-20(16)18(22)13(2)23-17-10-8-15(9-11-17)19-14(3)21/h8-11,13,16H,4-7,12H2,1-3H3,(H,19,21). The van der Waals surface area contributed by atoms with Gasteiger partial charge < -0.3 is 10.2 Å². The number of anilines is 1. The number of nitrogens with one attached hydrogen (secondary N) is 1. The SMILES string of the molecule is CCC1CCCCN1C(=O)C(C)Sc1ccc(NC(C)=O)cc1. The molecule has 2 amide bonds. The Labute approximate surface area is 143 Å². The molecule has 2 atom stereocenters. The van der Waals surface area contributed by atoms with E-state index in [1.807, 2.05) is 31.2 Å². The van der Waals surface area contributed by atoms with Crippen molar-refractivity contribution in [2.45, 2.75) is 62.6 Å². The van der Waals surface area contributed by atoms with Gasteiger partial charge in [-0.1, -0.05) is 6.92 Å². The lowest BCUT2D eigenvalue weighted by Gasteiger charge is -2.36. The number of rotatable bonds is 5. The smallest absolute Gasteiger partial charge is 0.236 e. The molecule has 1 aromatic carbocycles. The maximum absolute atomic E-state index is 12.7. The number of thioether (sulfide) groups is 1. The molecule has 0 radical (unpaired) electrons. The summed E-state index contributed by atoms with van der Waals surface area (Å²) in [7, 11) is 0. The summed E-state index contributed by atoms with van der Waals surface area (Å²) in [4.78, 5) is 26.9. The number of benzene rings is 1. The first-order valence-corrected chi connectivity index (χ1v) is 9.24. The third-order valence-corrected chi connectivity index (χ3v) is 5.32. The van der Waals surface area contributed by atoms with E-state index in [9.17, 15) is 9.59 Å². The number of carbonyl (C=O) groups is 2. The predicted octanol–water partition coefficient (Wildman–Crippen LogP) is 3.92. The number of nitrogens with zero attached hydrogens (tertiary/aromatic N) is 1. The molecule has 0 spiro atoms. The molecule has 5 heteroatoms. The average Bonchev–Trinajstić information content (AvgIpc) is 2.55. The number of piperidine rings is 1. The van der Waals surface area contributed by atoms with Crippen LogP contribution in [-0.4, -0.2) is 34.6 Å². The van der Waals surface area contributed by atoms with Crippen molar-refractivity contribution in [1.29, 1.82) is 0 Å². The zero-order chi connectivity index (χ0) is 16.8. The second-order valence-corrected chi connectivity index (χ2v) is 7.47. The van der Waals surface area contributed by atoms with Gasteiger partial charge in [0, 0.05) is 30.1 Å². The molecule has 1 heterocycles. The molecule has 1 fully saturated rings. The third kappa shape index (κ3) is 4.99. The Morgan fingerprint density at radius 2 is 2.00 bits per heavy atom. The van der Waals surface area contributed by atoms with E-state index in [1.54, 1.807) is 11.8 Å². The summed E-state index contributed by atoms with van der Waals surface area (Å²) in [5.41, 5.74) is 0.780. The van der Waals surface area contributed by atoms with E-state index in [0.29, 0.717) is 6.04 Å². The summed E-state index contributed by atoms with van der Waals surface area (Å²) in [5, 5.41) is 2.66. The van der Waals surface area contributed by atoms with E-state index in [4.69, 9.17) is 0 Å². The van der Waals surface area contributed by atoms with E-state index >= 15 is 0 Å². The quantitative estimate of drug-likeness (QED) is 0.830. The van der Waals surface area contributed by atoms with E-state index < -0.39 is 0 Å². The van der Waals surface area contributed by atoms with E-state index in [-0.39, 0.29) is 17.1 Å². The molecular weight excluding hydrogens is 308 g/mol. The molecule has 2 unspecified atom stereocenters. The van der Waals surface area contributed by atoms with Crippen LogP contribution in [0.5, 0.6) is 0 Å². The normalized spacial score (nSPS) is 19.3. The van der Waals surface area contributed by atoms with Crippen molar-refractivity contribution in [3.63, 3.8) is 0 Å². The van der Waals surface area contributed by atoms with Gasteiger partial charge >= 0.3 is 0 Å². The van der Waals surface area contributed by atoms with Gasteiger partial charge in [0.1, 0.15) is 0 Å². The van der Waals surface area contributed by atoms with E-state index in [1.165, 1.54) is 13.3 Å². The van der Waals surface area contributed by atoms with Gasteiger partial charge in [0.15, 0.2) is 0 Å². The number of likely N-dealkylation sites (tertiary alicyclic amines) is 1. The van der Waals surface area contributed by atoms with Crippen LogP contribution in [0, 0.1) is 0 Å². The summed E-state index contributed by atoms with van der Waals surface area (Å²) >= 11 is 1.58. The van der Waals surface area contributed by atoms with Crippen LogP contribution in [0.2, 0.25) is 0 Å². The monoisotopic (exact) mass is 334 g/mol. The maximum atomic E-state index is 12.7. The Bertz CT molecular complexity index is 544. The molecule has 1 N–H and O–H groups in total. The first kappa shape index (κ1) is 17.9. The van der Waals surface area contributed by atoms with Crippen molar-refractivity contribution < 1.29 is 9.59 Å². The Morgan fingerprint density at radius 3 is 2.61 bits per heavy atom. The van der Waals surface area contributed by atoms with Crippen LogP contribution in [0.25, 0.3) is 0 Å². The molecule has 1 saturated heterocycles. The average molecular weight is 334 g/mol. The van der Waals surface area contributed by atoms with Gasteiger partial charge in [-0.15, -0.1) is 11.8 Å². The molecule has 0 bridgehead atoms. The molecule has 126 valence electrons. The highest BCUT2D eigenvalue weighted by Gasteiger charge is 2.28. The van der Waals surface area contributed by atoms with Crippen molar-refractivity contribution in [3.05, 3.63) is 24.3 Å². The number of hydrogen-bond acceptors (Lipinski definition) is 3. The lowest BCUT2D eigenvalue weighted by atomic mass is 10.00. The Balaban J connectivity index is 1.96. The van der Waals surface area contributed by atoms with Crippen molar-refractivity contribution in [2.24, 2.45) is 0 Å². The summed E-state index contributed by atoms with van der Waals surface area (Å²) < 4.78 is 0. The summed E-state index contributed by atoms with van der Waals surface area (Å²) in [5.74, 6) is 0.164. The fraction of sp³-hybridized carbons (Fsp3) is 0.556. The maximum Gasteiger partial charge on any atom is 0.236 e. The number of carbonyl (C=O) groups excluding carboxylic acids is 2.